The molecule has 0 aliphatic carbocycles. The molecule has 1 rings (SSSR count). The number of hydrogen-bond acceptors (Lipinski definition) is 3. The zero-order valence-corrected chi connectivity index (χ0v) is 8.65. The fourth-order valence-electron chi connectivity index (χ4n) is 0.651. The second-order valence-electron chi connectivity index (χ2n) is 1.98. The molecule has 1 aromatic rings. The van der Waals surface area contributed by atoms with Crippen molar-refractivity contribution in [2.45, 2.75) is 6.42 Å². The molecular weight excluding hydrogens is 242 g/mol. The van der Waals surface area contributed by atoms with E-state index >= 15 is 0 Å². The third kappa shape index (κ3) is 2.04. The minimum Gasteiger partial charge on any atom is -0.550 e. The Morgan fingerprint density at radius 2 is 1.92 bits per heavy atom. The maximum atomic E-state index is 10.2. The van der Waals surface area contributed by atoms with E-state index in [4.69, 9.17) is 34.8 Å². The van der Waals surface area contributed by atoms with Gasteiger partial charge in [-0.1, -0.05) is 34.8 Å². The molecule has 0 radical (unpaired) electrons. The highest BCUT2D eigenvalue weighted by molar-refractivity contribution is 7.17. The molecule has 2 nitrogen and oxygen atoms in total. The summed E-state index contributed by atoms with van der Waals surface area (Å²) in [4.78, 5) is 10.6. The molecule has 0 N–H and O–H groups in total. The monoisotopic (exact) mass is 243 g/mol. The summed E-state index contributed by atoms with van der Waals surface area (Å²) < 4.78 is 0.304. The Labute approximate surface area is 87.7 Å². The van der Waals surface area contributed by atoms with Gasteiger partial charge in [-0.25, -0.2) is 0 Å². The van der Waals surface area contributed by atoms with Gasteiger partial charge in [0.1, 0.15) is 4.34 Å². The van der Waals surface area contributed by atoms with Crippen LogP contribution in [-0.2, 0) is 11.2 Å². The molecule has 0 spiro atoms. The van der Waals surface area contributed by atoms with Crippen LogP contribution in [0.25, 0.3) is 0 Å². The van der Waals surface area contributed by atoms with Crippen LogP contribution in [-0.4, -0.2) is 5.97 Å². The Morgan fingerprint density at radius 1 is 1.33 bits per heavy atom. The first kappa shape index (κ1) is 10.1. The zero-order chi connectivity index (χ0) is 9.30. The van der Waals surface area contributed by atoms with E-state index in [9.17, 15) is 9.90 Å². The van der Waals surface area contributed by atoms with E-state index < -0.39 is 5.97 Å². The lowest BCUT2D eigenvalue weighted by molar-refractivity contribution is -0.304. The Kier molecular flexibility index (Phi) is 3.23. The van der Waals surface area contributed by atoms with Gasteiger partial charge in [0.2, 0.25) is 0 Å². The normalized spacial score (nSPS) is 10.2. The smallest absolute Gasteiger partial charge is 0.113 e. The first-order valence-corrected chi connectivity index (χ1v) is 4.79. The molecule has 0 aliphatic rings. The Morgan fingerprint density at radius 3 is 2.25 bits per heavy atom. The molecule has 0 saturated heterocycles. The van der Waals surface area contributed by atoms with Crippen molar-refractivity contribution in [2.24, 2.45) is 0 Å². The number of carboxylic acids is 1. The molecule has 0 atom stereocenters. The van der Waals surface area contributed by atoms with Crippen molar-refractivity contribution in [2.75, 3.05) is 0 Å². The quantitative estimate of drug-likeness (QED) is 0.798. The first-order valence-electron chi connectivity index (χ1n) is 2.84. The van der Waals surface area contributed by atoms with Crippen LogP contribution < -0.4 is 5.11 Å². The van der Waals surface area contributed by atoms with Gasteiger partial charge < -0.3 is 9.90 Å². The van der Waals surface area contributed by atoms with Gasteiger partial charge in [0.25, 0.3) is 0 Å². The average Bonchev–Trinajstić information content (AvgIpc) is 2.17. The number of carbonyl (C=O) groups excluding carboxylic acids is 1. The molecule has 0 fully saturated rings. The SMILES string of the molecule is O=C([O-])Cc1sc(Cl)c(Cl)c1Cl. The standard InChI is InChI=1S/C6H3Cl3O2S/c7-4-2(1-3(10)11)12-6(9)5(4)8/h1H2,(H,10,11)/p-1. The summed E-state index contributed by atoms with van der Waals surface area (Å²) >= 11 is 17.9. The number of aliphatic carboxylic acids is 1. The lowest BCUT2D eigenvalue weighted by Crippen LogP contribution is -2.23. The predicted octanol–water partition coefficient (Wildman–Crippen LogP) is 2.00. The largest absolute Gasteiger partial charge is 0.550 e. The minimum absolute atomic E-state index is 0.205. The molecular formula is C6H2Cl3O2S-. The third-order valence-electron chi connectivity index (χ3n) is 1.13. The van der Waals surface area contributed by atoms with E-state index in [0.29, 0.717) is 9.21 Å². The number of thiophene rings is 1. The fourth-order valence-corrected chi connectivity index (χ4v) is 2.48. The molecule has 1 heterocycles. The molecule has 0 unspecified atom stereocenters. The highest BCUT2D eigenvalue weighted by Crippen LogP contribution is 2.40. The summed E-state index contributed by atoms with van der Waals surface area (Å²) in [5.74, 6) is -1.20. The fraction of sp³-hybridized carbons (Fsp3) is 0.167. The first-order chi connectivity index (χ1) is 5.52. The van der Waals surface area contributed by atoms with E-state index in [1.54, 1.807) is 0 Å². The second kappa shape index (κ2) is 3.83. The summed E-state index contributed by atoms with van der Waals surface area (Å²) in [5, 5.41) is 10.6. The molecule has 12 heavy (non-hydrogen) atoms. The van der Waals surface area contributed by atoms with E-state index in [0.717, 1.165) is 11.3 Å². The molecule has 0 bridgehead atoms. The molecule has 0 amide bonds. The van der Waals surface area contributed by atoms with Crippen LogP contribution in [0.1, 0.15) is 4.88 Å². The second-order valence-corrected chi connectivity index (χ2v) is 4.44. The Hall–Kier alpha value is 0.0400. The van der Waals surface area contributed by atoms with Crippen LogP contribution in [0.15, 0.2) is 0 Å². The summed E-state index contributed by atoms with van der Waals surface area (Å²) in [5.41, 5.74) is 0. The molecule has 6 heteroatoms. The van der Waals surface area contributed by atoms with Gasteiger partial charge in [-0.3, -0.25) is 0 Å². The van der Waals surface area contributed by atoms with Crippen molar-refractivity contribution in [3.05, 3.63) is 19.3 Å². The Balaban J connectivity index is 3.01. The van der Waals surface area contributed by atoms with Crippen molar-refractivity contribution in [3.8, 4) is 0 Å². The van der Waals surface area contributed by atoms with Gasteiger partial charge in [-0.05, 0) is 0 Å². The summed E-state index contributed by atoms with van der Waals surface area (Å²) in [6.07, 6.45) is -0.254. The van der Waals surface area contributed by atoms with Gasteiger partial charge in [0.15, 0.2) is 0 Å². The van der Waals surface area contributed by atoms with Crippen molar-refractivity contribution < 1.29 is 9.90 Å². The molecule has 0 aliphatic heterocycles. The van der Waals surface area contributed by atoms with Crippen molar-refractivity contribution in [1.82, 2.24) is 0 Å². The van der Waals surface area contributed by atoms with Crippen molar-refractivity contribution >= 4 is 52.1 Å². The zero-order valence-electron chi connectivity index (χ0n) is 5.57. The van der Waals surface area contributed by atoms with Gasteiger partial charge in [0.05, 0.1) is 10.0 Å². The topological polar surface area (TPSA) is 40.1 Å². The van der Waals surface area contributed by atoms with Gasteiger partial charge >= 0.3 is 0 Å². The number of halogens is 3. The predicted molar refractivity (Wildman–Crippen MR) is 48.1 cm³/mol. The lowest BCUT2D eigenvalue weighted by atomic mass is 10.3. The van der Waals surface area contributed by atoms with Crippen LogP contribution in [0.3, 0.4) is 0 Å². The average molecular weight is 245 g/mol. The minimum atomic E-state index is -1.20. The van der Waals surface area contributed by atoms with Gasteiger partial charge in [0, 0.05) is 17.3 Å². The van der Waals surface area contributed by atoms with E-state index in [1.807, 2.05) is 0 Å². The highest BCUT2D eigenvalue weighted by atomic mass is 35.5. The molecule has 1 aromatic heterocycles. The van der Waals surface area contributed by atoms with Crippen molar-refractivity contribution in [3.63, 3.8) is 0 Å². The van der Waals surface area contributed by atoms with Crippen molar-refractivity contribution in [1.29, 1.82) is 0 Å². The lowest BCUT2D eigenvalue weighted by Gasteiger charge is -1.97. The molecule has 0 saturated carbocycles. The molecule has 0 aromatic carbocycles. The van der Waals surface area contributed by atoms with Gasteiger partial charge in [-0.15, -0.1) is 11.3 Å². The summed E-state index contributed by atoms with van der Waals surface area (Å²) in [6, 6.07) is 0. The molecule has 66 valence electrons. The maximum Gasteiger partial charge on any atom is 0.113 e. The number of carbonyl (C=O) groups is 1. The van der Waals surface area contributed by atoms with Crippen LogP contribution in [0.2, 0.25) is 14.4 Å². The van der Waals surface area contributed by atoms with E-state index in [2.05, 4.69) is 0 Å². The van der Waals surface area contributed by atoms with Crippen LogP contribution in [0, 0.1) is 0 Å². The van der Waals surface area contributed by atoms with Crippen LogP contribution >= 0.6 is 46.1 Å². The van der Waals surface area contributed by atoms with E-state index in [-0.39, 0.29) is 16.5 Å². The third-order valence-corrected chi connectivity index (χ3v) is 3.74. The van der Waals surface area contributed by atoms with Crippen LogP contribution in [0.4, 0.5) is 0 Å². The van der Waals surface area contributed by atoms with E-state index in [1.165, 1.54) is 0 Å². The highest BCUT2D eigenvalue weighted by Gasteiger charge is 2.13. The maximum absolute atomic E-state index is 10.2. The number of hydrogen-bond donors (Lipinski definition) is 0. The van der Waals surface area contributed by atoms with Gasteiger partial charge in [-0.2, -0.15) is 0 Å². The summed E-state index contributed by atoms with van der Waals surface area (Å²) in [6.45, 7) is 0. The van der Waals surface area contributed by atoms with Crippen LogP contribution in [0.5, 0.6) is 0 Å². The summed E-state index contributed by atoms with van der Waals surface area (Å²) in [7, 11) is 0. The number of rotatable bonds is 2. The Bertz CT molecular complexity index is 321. The number of carboxylic acid groups (broad SMARTS) is 1.